The molecule has 3 heteroatoms. The lowest BCUT2D eigenvalue weighted by atomic mass is 10.1. The van der Waals surface area contributed by atoms with Crippen LogP contribution in [0, 0.1) is 11.3 Å². The number of hydrogen-bond donors (Lipinski definition) is 1. The van der Waals surface area contributed by atoms with Gasteiger partial charge in [0.25, 0.3) is 0 Å². The van der Waals surface area contributed by atoms with E-state index in [-0.39, 0.29) is 0 Å². The van der Waals surface area contributed by atoms with Crippen LogP contribution in [0.2, 0.25) is 0 Å². The molecular formula is C17H13N3. The van der Waals surface area contributed by atoms with Crippen molar-refractivity contribution in [3.63, 3.8) is 0 Å². The molecule has 1 aromatic heterocycles. The number of nitriles is 1. The number of pyridine rings is 1. The first-order chi connectivity index (χ1) is 9.86. The normalized spacial score (nSPS) is 10.2. The molecule has 0 aliphatic rings. The van der Waals surface area contributed by atoms with E-state index in [4.69, 9.17) is 5.26 Å². The third-order valence-electron chi connectivity index (χ3n) is 3.22. The number of aromatic nitrogens is 1. The first-order valence-electron chi connectivity index (χ1n) is 6.43. The van der Waals surface area contributed by atoms with Gasteiger partial charge >= 0.3 is 0 Å². The van der Waals surface area contributed by atoms with Gasteiger partial charge in [0.2, 0.25) is 0 Å². The predicted octanol–water partition coefficient (Wildman–Crippen LogP) is 3.72. The van der Waals surface area contributed by atoms with Gasteiger partial charge in [-0.05, 0) is 29.1 Å². The highest BCUT2D eigenvalue weighted by Gasteiger charge is 2.01. The predicted molar refractivity (Wildman–Crippen MR) is 80.2 cm³/mol. The second-order valence-corrected chi connectivity index (χ2v) is 4.54. The number of nitrogens with one attached hydrogen (secondary N) is 1. The molecule has 3 aromatic rings. The molecule has 0 aliphatic carbocycles. The van der Waals surface area contributed by atoms with Gasteiger partial charge in [-0.15, -0.1) is 0 Å². The fourth-order valence-electron chi connectivity index (χ4n) is 2.14. The minimum Gasteiger partial charge on any atom is -0.365 e. The minimum atomic E-state index is 0.678. The zero-order valence-corrected chi connectivity index (χ0v) is 10.9. The molecule has 0 amide bonds. The van der Waals surface area contributed by atoms with E-state index in [1.807, 2.05) is 48.7 Å². The monoisotopic (exact) mass is 259 g/mol. The van der Waals surface area contributed by atoms with Crippen molar-refractivity contribution >= 4 is 16.6 Å². The summed E-state index contributed by atoms with van der Waals surface area (Å²) < 4.78 is 0. The van der Waals surface area contributed by atoms with Crippen LogP contribution in [0.1, 0.15) is 11.1 Å². The number of anilines is 1. The quantitative estimate of drug-likeness (QED) is 0.779. The zero-order valence-electron chi connectivity index (χ0n) is 10.9. The molecule has 0 saturated carbocycles. The average Bonchev–Trinajstić information content (AvgIpc) is 2.53. The molecular weight excluding hydrogens is 246 g/mol. The molecule has 20 heavy (non-hydrogen) atoms. The van der Waals surface area contributed by atoms with Gasteiger partial charge in [-0.25, -0.2) is 4.98 Å². The number of nitrogens with zero attached hydrogens (tertiary/aromatic N) is 2. The highest BCUT2D eigenvalue weighted by Crippen LogP contribution is 2.20. The molecule has 0 unspecified atom stereocenters. The zero-order chi connectivity index (χ0) is 13.8. The summed E-state index contributed by atoms with van der Waals surface area (Å²) in [5.41, 5.74) is 1.80. The Bertz CT molecular complexity index is 765. The Kier molecular flexibility index (Phi) is 3.30. The van der Waals surface area contributed by atoms with Crippen LogP contribution in [0.3, 0.4) is 0 Å². The van der Waals surface area contributed by atoms with E-state index in [1.54, 1.807) is 0 Å². The molecule has 3 nitrogen and oxygen atoms in total. The molecule has 3 rings (SSSR count). The van der Waals surface area contributed by atoms with Crippen LogP contribution in [0.15, 0.2) is 60.8 Å². The number of benzene rings is 2. The van der Waals surface area contributed by atoms with Gasteiger partial charge < -0.3 is 5.32 Å². The van der Waals surface area contributed by atoms with Crippen molar-refractivity contribution in [2.75, 3.05) is 5.32 Å². The Balaban J connectivity index is 1.81. The standard InChI is InChI=1S/C17H13N3/c18-11-13-5-7-14(8-6-13)12-20-17-16-4-2-1-3-15(16)9-10-19-17/h1-10H,12H2,(H,19,20). The van der Waals surface area contributed by atoms with E-state index >= 15 is 0 Å². The maximum atomic E-state index is 8.78. The lowest BCUT2D eigenvalue weighted by molar-refractivity contribution is 1.12. The smallest absolute Gasteiger partial charge is 0.134 e. The maximum absolute atomic E-state index is 8.78. The molecule has 0 aliphatic heterocycles. The molecule has 0 fully saturated rings. The summed E-state index contributed by atoms with van der Waals surface area (Å²) in [5.74, 6) is 0.882. The molecule has 1 heterocycles. The summed E-state index contributed by atoms with van der Waals surface area (Å²) in [6, 6.07) is 19.8. The van der Waals surface area contributed by atoms with Crippen LogP contribution in [0.4, 0.5) is 5.82 Å². The number of fused-ring (bicyclic) bond motifs is 1. The van der Waals surface area contributed by atoms with Crippen LogP contribution < -0.4 is 5.32 Å². The SMILES string of the molecule is N#Cc1ccc(CNc2nccc3ccccc23)cc1. The van der Waals surface area contributed by atoms with Gasteiger partial charge in [-0.2, -0.15) is 5.26 Å². The van der Waals surface area contributed by atoms with Gasteiger partial charge in [-0.3, -0.25) is 0 Å². The van der Waals surface area contributed by atoms with Crippen LogP contribution in [0.25, 0.3) is 10.8 Å². The van der Waals surface area contributed by atoms with E-state index in [0.717, 1.165) is 16.8 Å². The van der Waals surface area contributed by atoms with Crippen LogP contribution >= 0.6 is 0 Å². The van der Waals surface area contributed by atoms with Crippen molar-refractivity contribution in [1.82, 2.24) is 4.98 Å². The van der Waals surface area contributed by atoms with Crippen molar-refractivity contribution in [3.8, 4) is 6.07 Å². The third kappa shape index (κ3) is 2.45. The van der Waals surface area contributed by atoms with Crippen molar-refractivity contribution in [3.05, 3.63) is 71.9 Å². The van der Waals surface area contributed by atoms with Gasteiger partial charge in [0.15, 0.2) is 0 Å². The molecule has 0 bridgehead atoms. The van der Waals surface area contributed by atoms with Crippen molar-refractivity contribution in [2.45, 2.75) is 6.54 Å². The van der Waals surface area contributed by atoms with Crippen LogP contribution in [-0.4, -0.2) is 4.98 Å². The minimum absolute atomic E-state index is 0.678. The third-order valence-corrected chi connectivity index (χ3v) is 3.22. The summed E-state index contributed by atoms with van der Waals surface area (Å²) in [5, 5.41) is 14.4. The van der Waals surface area contributed by atoms with Crippen molar-refractivity contribution in [1.29, 1.82) is 5.26 Å². The summed E-state index contributed by atoms with van der Waals surface area (Å²) in [6.07, 6.45) is 1.81. The van der Waals surface area contributed by atoms with Gasteiger partial charge in [0.05, 0.1) is 11.6 Å². The van der Waals surface area contributed by atoms with E-state index < -0.39 is 0 Å². The van der Waals surface area contributed by atoms with Gasteiger partial charge in [0, 0.05) is 18.1 Å². The molecule has 1 N–H and O–H groups in total. The highest BCUT2D eigenvalue weighted by molar-refractivity contribution is 5.91. The maximum Gasteiger partial charge on any atom is 0.134 e. The first-order valence-corrected chi connectivity index (χ1v) is 6.43. The van der Waals surface area contributed by atoms with Crippen LogP contribution in [-0.2, 0) is 6.54 Å². The molecule has 2 aromatic carbocycles. The fraction of sp³-hybridized carbons (Fsp3) is 0.0588. The largest absolute Gasteiger partial charge is 0.365 e. The molecule has 96 valence electrons. The first kappa shape index (κ1) is 12.2. The molecule has 0 saturated heterocycles. The average molecular weight is 259 g/mol. The second kappa shape index (κ2) is 5.41. The number of hydrogen-bond acceptors (Lipinski definition) is 3. The lowest BCUT2D eigenvalue weighted by Crippen LogP contribution is -2.01. The topological polar surface area (TPSA) is 48.7 Å². The summed E-state index contributed by atoms with van der Waals surface area (Å²) >= 11 is 0. The lowest BCUT2D eigenvalue weighted by Gasteiger charge is -2.08. The van der Waals surface area contributed by atoms with Crippen molar-refractivity contribution in [2.24, 2.45) is 0 Å². The molecule has 0 spiro atoms. The Labute approximate surface area is 117 Å². The van der Waals surface area contributed by atoms with Crippen molar-refractivity contribution < 1.29 is 0 Å². The summed E-state index contributed by atoms with van der Waals surface area (Å²) in [6.45, 7) is 0.687. The Morgan fingerprint density at radius 3 is 2.60 bits per heavy atom. The summed E-state index contributed by atoms with van der Waals surface area (Å²) in [7, 11) is 0. The molecule has 0 atom stereocenters. The van der Waals surface area contributed by atoms with Gasteiger partial charge in [-0.1, -0.05) is 36.4 Å². The Morgan fingerprint density at radius 2 is 1.80 bits per heavy atom. The van der Waals surface area contributed by atoms with Gasteiger partial charge in [0.1, 0.15) is 5.82 Å². The Hall–Kier alpha value is -2.86. The number of rotatable bonds is 3. The van der Waals surface area contributed by atoms with E-state index in [2.05, 4.69) is 28.5 Å². The second-order valence-electron chi connectivity index (χ2n) is 4.54. The Morgan fingerprint density at radius 1 is 1.00 bits per heavy atom. The highest BCUT2D eigenvalue weighted by atomic mass is 15.0. The van der Waals surface area contributed by atoms with E-state index in [1.165, 1.54) is 5.39 Å². The van der Waals surface area contributed by atoms with E-state index in [0.29, 0.717) is 12.1 Å². The fourth-order valence-corrected chi connectivity index (χ4v) is 2.14. The summed E-state index contributed by atoms with van der Waals surface area (Å²) in [4.78, 5) is 4.39. The van der Waals surface area contributed by atoms with E-state index in [9.17, 15) is 0 Å². The van der Waals surface area contributed by atoms with Crippen LogP contribution in [0.5, 0.6) is 0 Å². The molecule has 0 radical (unpaired) electrons.